The molecule has 0 aliphatic carbocycles. The number of benzene rings is 1. The van der Waals surface area contributed by atoms with Crippen LogP contribution in [0.3, 0.4) is 0 Å². The standard InChI is InChI=1S/C14H17N5O4S/c1-4-18-9(2)16-17-14(18)24-8-13(20)15-11-6-5-10(23-3)7-12(11)19(21)22/h5-7H,4,8H2,1-3H3,(H,15,20). The lowest BCUT2D eigenvalue weighted by molar-refractivity contribution is -0.384. The third-order valence-electron chi connectivity index (χ3n) is 3.23. The van der Waals surface area contributed by atoms with E-state index in [2.05, 4.69) is 15.5 Å². The normalized spacial score (nSPS) is 10.5. The number of thioether (sulfide) groups is 1. The van der Waals surface area contributed by atoms with Crippen molar-refractivity contribution in [2.24, 2.45) is 0 Å². The molecule has 2 aromatic rings. The van der Waals surface area contributed by atoms with Gasteiger partial charge in [0.05, 0.1) is 23.9 Å². The summed E-state index contributed by atoms with van der Waals surface area (Å²) in [5.74, 6) is 0.824. The number of carbonyl (C=O) groups is 1. The second-order valence-corrected chi connectivity index (χ2v) is 5.69. The Bertz CT molecular complexity index is 762. The zero-order valence-corrected chi connectivity index (χ0v) is 14.3. The van der Waals surface area contributed by atoms with Crippen LogP contribution in [0.1, 0.15) is 12.7 Å². The summed E-state index contributed by atoms with van der Waals surface area (Å²) in [6.45, 7) is 4.50. The number of amides is 1. The fourth-order valence-corrected chi connectivity index (χ4v) is 2.89. The van der Waals surface area contributed by atoms with Gasteiger partial charge in [-0.25, -0.2) is 0 Å². The highest BCUT2D eigenvalue weighted by Gasteiger charge is 2.18. The number of nitrogens with one attached hydrogen (secondary N) is 1. The van der Waals surface area contributed by atoms with Crippen LogP contribution >= 0.6 is 11.8 Å². The highest BCUT2D eigenvalue weighted by molar-refractivity contribution is 7.99. The minimum Gasteiger partial charge on any atom is -0.496 e. The Balaban J connectivity index is 2.06. The average molecular weight is 351 g/mol. The Morgan fingerprint density at radius 1 is 1.46 bits per heavy atom. The Hall–Kier alpha value is -2.62. The average Bonchev–Trinajstić information content (AvgIpc) is 2.92. The number of aromatic nitrogens is 3. The van der Waals surface area contributed by atoms with Gasteiger partial charge >= 0.3 is 0 Å². The van der Waals surface area contributed by atoms with Crippen LogP contribution in [0.2, 0.25) is 0 Å². The summed E-state index contributed by atoms with van der Waals surface area (Å²) in [5.41, 5.74) is -0.0974. The first-order valence-corrected chi connectivity index (χ1v) is 8.09. The third-order valence-corrected chi connectivity index (χ3v) is 4.19. The molecule has 0 unspecified atom stereocenters. The van der Waals surface area contributed by atoms with E-state index < -0.39 is 4.92 Å². The number of nitro benzene ring substituents is 1. The van der Waals surface area contributed by atoms with E-state index in [1.165, 1.54) is 31.0 Å². The number of rotatable bonds is 7. The molecule has 1 aromatic heterocycles. The van der Waals surface area contributed by atoms with Gasteiger partial charge in [0.1, 0.15) is 17.3 Å². The van der Waals surface area contributed by atoms with Crippen LogP contribution in [0.4, 0.5) is 11.4 Å². The van der Waals surface area contributed by atoms with Crippen LogP contribution in [0.15, 0.2) is 23.4 Å². The molecule has 0 aliphatic heterocycles. The molecule has 0 spiro atoms. The molecule has 0 aliphatic rings. The second-order valence-electron chi connectivity index (χ2n) is 4.75. The maximum Gasteiger partial charge on any atom is 0.296 e. The number of anilines is 1. The van der Waals surface area contributed by atoms with E-state index in [0.29, 0.717) is 17.5 Å². The van der Waals surface area contributed by atoms with Crippen LogP contribution in [0, 0.1) is 17.0 Å². The zero-order valence-electron chi connectivity index (χ0n) is 13.5. The quantitative estimate of drug-likeness (QED) is 0.462. The van der Waals surface area contributed by atoms with Crippen LogP contribution in [0.25, 0.3) is 0 Å². The summed E-state index contributed by atoms with van der Waals surface area (Å²) in [4.78, 5) is 22.6. The Labute approximate surface area is 142 Å². The van der Waals surface area contributed by atoms with Gasteiger partial charge in [0.25, 0.3) is 5.69 Å². The minimum absolute atomic E-state index is 0.0708. The maximum atomic E-state index is 12.1. The molecular formula is C14H17N5O4S. The van der Waals surface area contributed by atoms with Crippen molar-refractivity contribution in [3.8, 4) is 5.75 Å². The fourth-order valence-electron chi connectivity index (χ4n) is 2.04. The van der Waals surface area contributed by atoms with Crippen molar-refractivity contribution in [3.63, 3.8) is 0 Å². The first-order valence-electron chi connectivity index (χ1n) is 7.11. The first-order chi connectivity index (χ1) is 11.5. The number of ether oxygens (including phenoxy) is 1. The molecule has 2 rings (SSSR count). The summed E-state index contributed by atoms with van der Waals surface area (Å²) in [6, 6.07) is 4.25. The lowest BCUT2D eigenvalue weighted by atomic mass is 10.2. The summed E-state index contributed by atoms with van der Waals surface area (Å²) in [7, 11) is 1.42. The van der Waals surface area contributed by atoms with Gasteiger partial charge in [-0.3, -0.25) is 14.9 Å². The SMILES string of the molecule is CCn1c(C)nnc1SCC(=O)Nc1ccc(OC)cc1[N+](=O)[O-]. The van der Waals surface area contributed by atoms with E-state index >= 15 is 0 Å². The minimum atomic E-state index is -0.567. The van der Waals surface area contributed by atoms with E-state index in [-0.39, 0.29) is 23.0 Å². The molecule has 0 radical (unpaired) electrons. The zero-order chi connectivity index (χ0) is 17.7. The van der Waals surface area contributed by atoms with Crippen LogP contribution < -0.4 is 10.1 Å². The molecule has 1 heterocycles. The fraction of sp³-hybridized carbons (Fsp3) is 0.357. The monoisotopic (exact) mass is 351 g/mol. The second kappa shape index (κ2) is 7.77. The Kier molecular flexibility index (Phi) is 5.74. The van der Waals surface area contributed by atoms with E-state index in [4.69, 9.17) is 4.74 Å². The number of carbonyl (C=O) groups excluding carboxylic acids is 1. The first kappa shape index (κ1) is 17.7. The van der Waals surface area contributed by atoms with E-state index in [0.717, 1.165) is 5.82 Å². The number of hydrogen-bond donors (Lipinski definition) is 1. The third kappa shape index (κ3) is 4.02. The molecule has 9 nitrogen and oxygen atoms in total. The molecular weight excluding hydrogens is 334 g/mol. The summed E-state index contributed by atoms with van der Waals surface area (Å²) >= 11 is 1.22. The maximum absolute atomic E-state index is 12.1. The van der Waals surface area contributed by atoms with E-state index in [9.17, 15) is 14.9 Å². The van der Waals surface area contributed by atoms with Crippen molar-refractivity contribution in [1.82, 2.24) is 14.8 Å². The van der Waals surface area contributed by atoms with Gasteiger partial charge in [-0.05, 0) is 26.0 Å². The predicted octanol–water partition coefficient (Wildman–Crippen LogP) is 2.25. The summed E-state index contributed by atoms with van der Waals surface area (Å²) in [6.07, 6.45) is 0. The molecule has 0 bridgehead atoms. The molecule has 10 heteroatoms. The topological polar surface area (TPSA) is 112 Å². The molecule has 0 fully saturated rings. The van der Waals surface area contributed by atoms with Crippen LogP contribution in [-0.2, 0) is 11.3 Å². The number of aryl methyl sites for hydroxylation is 1. The van der Waals surface area contributed by atoms with Crippen molar-refractivity contribution >= 4 is 29.0 Å². The van der Waals surface area contributed by atoms with Gasteiger partial charge < -0.3 is 14.6 Å². The predicted molar refractivity (Wildman–Crippen MR) is 89.4 cm³/mol. The van der Waals surface area contributed by atoms with Gasteiger partial charge in [-0.1, -0.05) is 11.8 Å². The van der Waals surface area contributed by atoms with Crippen LogP contribution in [-0.4, -0.2) is 38.5 Å². The van der Waals surface area contributed by atoms with Crippen LogP contribution in [0.5, 0.6) is 5.75 Å². The Morgan fingerprint density at radius 3 is 2.83 bits per heavy atom. The summed E-state index contributed by atoms with van der Waals surface area (Å²) < 4.78 is 6.84. The number of methoxy groups -OCH3 is 1. The molecule has 0 saturated carbocycles. The van der Waals surface area contributed by atoms with Crippen molar-refractivity contribution in [1.29, 1.82) is 0 Å². The highest BCUT2D eigenvalue weighted by Crippen LogP contribution is 2.29. The number of nitro groups is 1. The lowest BCUT2D eigenvalue weighted by Gasteiger charge is -2.08. The molecule has 1 aromatic carbocycles. The number of hydrogen-bond acceptors (Lipinski definition) is 7. The number of nitrogens with zero attached hydrogens (tertiary/aromatic N) is 4. The molecule has 128 valence electrons. The van der Waals surface area contributed by atoms with Gasteiger partial charge in [-0.2, -0.15) is 0 Å². The molecule has 1 N–H and O–H groups in total. The largest absolute Gasteiger partial charge is 0.496 e. The highest BCUT2D eigenvalue weighted by atomic mass is 32.2. The van der Waals surface area contributed by atoms with E-state index in [1.54, 1.807) is 6.07 Å². The Morgan fingerprint density at radius 2 is 2.21 bits per heavy atom. The van der Waals surface area contributed by atoms with Crippen molar-refractivity contribution in [3.05, 3.63) is 34.1 Å². The van der Waals surface area contributed by atoms with Crippen molar-refractivity contribution < 1.29 is 14.5 Å². The molecule has 1 amide bonds. The van der Waals surface area contributed by atoms with Crippen molar-refractivity contribution in [2.45, 2.75) is 25.5 Å². The molecule has 24 heavy (non-hydrogen) atoms. The summed E-state index contributed by atoms with van der Waals surface area (Å²) in [5, 5.41) is 22.3. The smallest absolute Gasteiger partial charge is 0.296 e. The molecule has 0 saturated heterocycles. The van der Waals surface area contributed by atoms with Crippen molar-refractivity contribution in [2.75, 3.05) is 18.2 Å². The van der Waals surface area contributed by atoms with E-state index in [1.807, 2.05) is 18.4 Å². The van der Waals surface area contributed by atoms with Gasteiger partial charge in [0, 0.05) is 6.54 Å². The van der Waals surface area contributed by atoms with Gasteiger partial charge in [0.2, 0.25) is 5.91 Å². The molecule has 0 atom stereocenters. The lowest BCUT2D eigenvalue weighted by Crippen LogP contribution is -2.15. The van der Waals surface area contributed by atoms with Gasteiger partial charge in [0.15, 0.2) is 5.16 Å². The van der Waals surface area contributed by atoms with Gasteiger partial charge in [-0.15, -0.1) is 10.2 Å².